The molecule has 5 rings (SSSR count). The predicted molar refractivity (Wildman–Crippen MR) is 69.0 cm³/mol. The molecule has 5 nitrogen and oxygen atoms in total. The Morgan fingerprint density at radius 1 is 1.25 bits per heavy atom. The van der Waals surface area contributed by atoms with E-state index in [-0.39, 0.29) is 24.2 Å². The lowest BCUT2D eigenvalue weighted by atomic mass is 10.1. The van der Waals surface area contributed by atoms with Gasteiger partial charge in [-0.1, -0.05) is 30.3 Å². The maximum absolute atomic E-state index is 5.97. The summed E-state index contributed by atoms with van der Waals surface area (Å²) in [5, 5.41) is 0. The molecule has 0 spiro atoms. The molecular weight excluding hydrogens is 284 g/mol. The van der Waals surface area contributed by atoms with Gasteiger partial charge in [0, 0.05) is 0 Å². The summed E-state index contributed by atoms with van der Waals surface area (Å²) in [5.41, 5.74) is 1.11. The summed E-state index contributed by atoms with van der Waals surface area (Å²) in [4.78, 5) is 0. The molecule has 108 valence electrons. The quantitative estimate of drug-likeness (QED) is 0.791. The second-order valence-electron chi connectivity index (χ2n) is 5.13. The third kappa shape index (κ3) is 2.06. The minimum absolute atomic E-state index is 0.113. The predicted octanol–water partition coefficient (Wildman–Crippen LogP) is 1.63. The normalized spacial score (nSPS) is 42.0. The second-order valence-corrected chi connectivity index (χ2v) is 5.40. The summed E-state index contributed by atoms with van der Waals surface area (Å²) < 4.78 is 28.7. The maximum atomic E-state index is 5.97. The molecule has 1 aromatic rings. The molecule has 0 aliphatic carbocycles. The highest BCUT2D eigenvalue weighted by atomic mass is 35.5. The van der Waals surface area contributed by atoms with Crippen LogP contribution in [0.5, 0.6) is 0 Å². The smallest absolute Gasteiger partial charge is 0.300 e. The van der Waals surface area contributed by atoms with E-state index in [0.717, 1.165) is 5.56 Å². The van der Waals surface area contributed by atoms with Crippen molar-refractivity contribution in [1.82, 2.24) is 0 Å². The average Bonchev–Trinajstić information content (AvgIpc) is 2.83. The first-order chi connectivity index (χ1) is 9.80. The third-order valence-corrected chi connectivity index (χ3v) is 4.12. The molecular formula is C14H15ClO5. The Bertz CT molecular complexity index is 484. The molecule has 4 saturated heterocycles. The Labute approximate surface area is 121 Å². The summed E-state index contributed by atoms with van der Waals surface area (Å²) in [6.07, 6.45) is -1.12. The number of hydrogen-bond acceptors (Lipinski definition) is 5. The molecule has 4 aliphatic heterocycles. The number of ether oxygens (including phenoxy) is 5. The fourth-order valence-electron chi connectivity index (χ4n) is 2.80. The lowest BCUT2D eigenvalue weighted by Crippen LogP contribution is -2.36. The van der Waals surface area contributed by atoms with Crippen LogP contribution in [0.2, 0.25) is 0 Å². The summed E-state index contributed by atoms with van der Waals surface area (Å²) in [7, 11) is 0. The standard InChI is InChI=1S/C14H15ClO5/c15-8-14-17-7-10-11(12(19-14)13(18-10)20-14)16-6-9-4-2-1-3-5-9/h1-5,10-13H,6-8H2/t10-,11-,12+,13+,14?/m1/s1. The molecule has 0 aromatic heterocycles. The summed E-state index contributed by atoms with van der Waals surface area (Å²) in [6, 6.07) is 9.99. The van der Waals surface area contributed by atoms with Crippen LogP contribution in [0, 0.1) is 0 Å². The molecule has 0 radical (unpaired) electrons. The fraction of sp³-hybridized carbons (Fsp3) is 0.571. The van der Waals surface area contributed by atoms with Crippen molar-refractivity contribution in [1.29, 1.82) is 0 Å². The molecule has 5 atom stereocenters. The summed E-state index contributed by atoms with van der Waals surface area (Å²) in [5.74, 6) is -1.06. The number of fused-ring (bicyclic) bond motifs is 1. The van der Waals surface area contributed by atoms with Gasteiger partial charge in [0.05, 0.1) is 13.2 Å². The van der Waals surface area contributed by atoms with E-state index in [2.05, 4.69) is 0 Å². The van der Waals surface area contributed by atoms with Crippen LogP contribution in [0.25, 0.3) is 0 Å². The van der Waals surface area contributed by atoms with Crippen LogP contribution in [0.1, 0.15) is 5.56 Å². The van der Waals surface area contributed by atoms with Crippen LogP contribution in [-0.2, 0) is 30.3 Å². The van der Waals surface area contributed by atoms with E-state index in [9.17, 15) is 0 Å². The van der Waals surface area contributed by atoms with Gasteiger partial charge < -0.3 is 18.9 Å². The highest BCUT2D eigenvalue weighted by Crippen LogP contribution is 2.44. The topological polar surface area (TPSA) is 46.2 Å². The minimum Gasteiger partial charge on any atom is -0.368 e. The molecule has 4 fully saturated rings. The molecule has 6 heteroatoms. The van der Waals surface area contributed by atoms with Crippen molar-refractivity contribution >= 4 is 11.6 Å². The molecule has 0 N–H and O–H groups in total. The summed E-state index contributed by atoms with van der Waals surface area (Å²) >= 11 is 5.87. The first kappa shape index (κ1) is 13.0. The first-order valence-corrected chi connectivity index (χ1v) is 7.20. The highest BCUT2D eigenvalue weighted by molar-refractivity contribution is 6.18. The summed E-state index contributed by atoms with van der Waals surface area (Å²) in [6.45, 7) is 0.866. The van der Waals surface area contributed by atoms with Crippen molar-refractivity contribution in [3.63, 3.8) is 0 Å². The first-order valence-electron chi connectivity index (χ1n) is 6.66. The number of halogens is 1. The van der Waals surface area contributed by atoms with E-state index in [4.69, 9.17) is 35.3 Å². The largest absolute Gasteiger partial charge is 0.368 e. The molecule has 1 aromatic carbocycles. The van der Waals surface area contributed by atoms with Crippen LogP contribution in [0.15, 0.2) is 30.3 Å². The molecule has 4 aliphatic rings. The van der Waals surface area contributed by atoms with E-state index in [1.54, 1.807) is 0 Å². The molecule has 1 unspecified atom stereocenters. The lowest BCUT2D eigenvalue weighted by Gasteiger charge is -2.22. The van der Waals surface area contributed by atoms with E-state index < -0.39 is 12.3 Å². The van der Waals surface area contributed by atoms with E-state index >= 15 is 0 Å². The zero-order chi connectivity index (χ0) is 13.6. The van der Waals surface area contributed by atoms with Gasteiger partial charge in [-0.05, 0) is 5.56 Å². The number of benzene rings is 1. The highest BCUT2D eigenvalue weighted by Gasteiger charge is 2.62. The molecule has 4 heterocycles. The Morgan fingerprint density at radius 2 is 2.10 bits per heavy atom. The monoisotopic (exact) mass is 298 g/mol. The van der Waals surface area contributed by atoms with Gasteiger partial charge >= 0.3 is 0 Å². The van der Waals surface area contributed by atoms with Crippen LogP contribution in [0.4, 0.5) is 0 Å². The number of rotatable bonds is 4. The van der Waals surface area contributed by atoms with Crippen molar-refractivity contribution in [2.24, 2.45) is 0 Å². The minimum atomic E-state index is -1.17. The van der Waals surface area contributed by atoms with E-state index in [1.807, 2.05) is 30.3 Å². The second kappa shape index (κ2) is 4.94. The van der Waals surface area contributed by atoms with Crippen LogP contribution in [0.3, 0.4) is 0 Å². The SMILES string of the molecule is ClCC12OC[C@H]3O[C@@H](O1)[C@@H](O2)[C@@H]3OCc1ccccc1. The third-order valence-electron chi connectivity index (χ3n) is 3.80. The molecule has 4 bridgehead atoms. The van der Waals surface area contributed by atoms with Crippen molar-refractivity contribution in [3.8, 4) is 0 Å². The Morgan fingerprint density at radius 3 is 2.90 bits per heavy atom. The average molecular weight is 299 g/mol. The van der Waals surface area contributed by atoms with Gasteiger partial charge in [0.25, 0.3) is 5.97 Å². The van der Waals surface area contributed by atoms with Gasteiger partial charge in [0.15, 0.2) is 6.29 Å². The Balaban J connectivity index is 1.48. The number of hydrogen-bond donors (Lipinski definition) is 0. The zero-order valence-electron chi connectivity index (χ0n) is 10.7. The van der Waals surface area contributed by atoms with Gasteiger partial charge in [-0.15, -0.1) is 11.6 Å². The van der Waals surface area contributed by atoms with Crippen LogP contribution < -0.4 is 0 Å². The van der Waals surface area contributed by atoms with Gasteiger partial charge in [0.2, 0.25) is 0 Å². The fourth-order valence-corrected chi connectivity index (χ4v) is 3.01. The van der Waals surface area contributed by atoms with Gasteiger partial charge in [-0.25, -0.2) is 0 Å². The Kier molecular flexibility index (Phi) is 3.22. The zero-order valence-corrected chi connectivity index (χ0v) is 11.5. The lowest BCUT2D eigenvalue weighted by molar-refractivity contribution is -0.322. The van der Waals surface area contributed by atoms with E-state index in [0.29, 0.717) is 13.2 Å². The molecule has 0 amide bonds. The Hall–Kier alpha value is -0.690. The van der Waals surface area contributed by atoms with Gasteiger partial charge in [-0.3, -0.25) is 4.74 Å². The van der Waals surface area contributed by atoms with E-state index in [1.165, 1.54) is 0 Å². The van der Waals surface area contributed by atoms with Gasteiger partial charge in [-0.2, -0.15) is 0 Å². The van der Waals surface area contributed by atoms with Crippen molar-refractivity contribution in [3.05, 3.63) is 35.9 Å². The number of alkyl halides is 1. The van der Waals surface area contributed by atoms with Crippen molar-refractivity contribution in [2.45, 2.75) is 37.2 Å². The maximum Gasteiger partial charge on any atom is 0.300 e. The van der Waals surface area contributed by atoms with Crippen molar-refractivity contribution in [2.75, 3.05) is 12.5 Å². The van der Waals surface area contributed by atoms with Gasteiger partial charge in [0.1, 0.15) is 24.2 Å². The molecule has 20 heavy (non-hydrogen) atoms. The van der Waals surface area contributed by atoms with Crippen LogP contribution in [-0.4, -0.2) is 43.1 Å². The molecule has 0 saturated carbocycles. The van der Waals surface area contributed by atoms with Crippen molar-refractivity contribution < 1.29 is 23.7 Å². The van der Waals surface area contributed by atoms with Crippen LogP contribution >= 0.6 is 11.6 Å².